The standard InChI is InChI=1S/C23H25NO5/c1-2-3-4-16-5-7-17(8-6-16)21(25)14-29-23(27)15-28-19-10-11-20-18(13-19)9-12-22(26)24-20/h5-8,10-11,13H,2-4,9,12,14-15H2,1H3,(H,24,26). The lowest BCUT2D eigenvalue weighted by molar-refractivity contribution is -0.144. The molecule has 0 bridgehead atoms. The van der Waals surface area contributed by atoms with Gasteiger partial charge in [-0.05, 0) is 48.6 Å². The van der Waals surface area contributed by atoms with Crippen molar-refractivity contribution in [3.8, 4) is 5.75 Å². The fourth-order valence-electron chi connectivity index (χ4n) is 3.10. The summed E-state index contributed by atoms with van der Waals surface area (Å²) in [5, 5.41) is 2.79. The highest BCUT2D eigenvalue weighted by Crippen LogP contribution is 2.26. The zero-order valence-electron chi connectivity index (χ0n) is 16.5. The molecule has 2 aromatic rings. The van der Waals surface area contributed by atoms with Gasteiger partial charge in [0.1, 0.15) is 5.75 Å². The second-order valence-electron chi connectivity index (χ2n) is 7.04. The molecule has 1 aliphatic heterocycles. The molecule has 0 atom stereocenters. The Kier molecular flexibility index (Phi) is 7.00. The molecule has 0 fully saturated rings. The summed E-state index contributed by atoms with van der Waals surface area (Å²) in [4.78, 5) is 35.5. The van der Waals surface area contributed by atoms with Gasteiger partial charge in [-0.3, -0.25) is 9.59 Å². The lowest BCUT2D eigenvalue weighted by Crippen LogP contribution is -2.20. The number of carbonyl (C=O) groups is 3. The van der Waals surface area contributed by atoms with Crippen LogP contribution >= 0.6 is 0 Å². The molecule has 0 saturated carbocycles. The first-order valence-corrected chi connectivity index (χ1v) is 9.88. The summed E-state index contributed by atoms with van der Waals surface area (Å²) in [7, 11) is 0. The molecule has 6 nitrogen and oxygen atoms in total. The molecule has 152 valence electrons. The topological polar surface area (TPSA) is 81.7 Å². The number of benzene rings is 2. The Bertz CT molecular complexity index is 889. The van der Waals surface area contributed by atoms with Gasteiger partial charge in [0.2, 0.25) is 5.91 Å². The van der Waals surface area contributed by atoms with Crippen molar-refractivity contribution in [1.82, 2.24) is 0 Å². The van der Waals surface area contributed by atoms with E-state index in [1.54, 1.807) is 30.3 Å². The van der Waals surface area contributed by atoms with Crippen molar-refractivity contribution in [1.29, 1.82) is 0 Å². The fourth-order valence-corrected chi connectivity index (χ4v) is 3.10. The van der Waals surface area contributed by atoms with E-state index >= 15 is 0 Å². The molecule has 0 spiro atoms. The number of amides is 1. The predicted molar refractivity (Wildman–Crippen MR) is 109 cm³/mol. The molecule has 6 heteroatoms. The van der Waals surface area contributed by atoms with Crippen molar-refractivity contribution in [3.05, 3.63) is 59.2 Å². The van der Waals surface area contributed by atoms with E-state index in [0.717, 1.165) is 30.5 Å². The summed E-state index contributed by atoms with van der Waals surface area (Å²) >= 11 is 0. The van der Waals surface area contributed by atoms with Crippen molar-refractivity contribution in [2.24, 2.45) is 0 Å². The van der Waals surface area contributed by atoms with Gasteiger partial charge in [-0.2, -0.15) is 0 Å². The molecule has 1 heterocycles. The van der Waals surface area contributed by atoms with E-state index in [2.05, 4.69) is 12.2 Å². The number of ketones is 1. The Morgan fingerprint density at radius 1 is 1.03 bits per heavy atom. The van der Waals surface area contributed by atoms with Crippen LogP contribution in [0.25, 0.3) is 0 Å². The summed E-state index contributed by atoms with van der Waals surface area (Å²) in [6.45, 7) is 1.54. The van der Waals surface area contributed by atoms with Crippen molar-refractivity contribution < 1.29 is 23.9 Å². The van der Waals surface area contributed by atoms with Crippen LogP contribution in [0.2, 0.25) is 0 Å². The van der Waals surface area contributed by atoms with Crippen LogP contribution in [0.3, 0.4) is 0 Å². The number of fused-ring (bicyclic) bond motifs is 1. The highest BCUT2D eigenvalue weighted by atomic mass is 16.6. The maximum Gasteiger partial charge on any atom is 0.344 e. The average Bonchev–Trinajstić information content (AvgIpc) is 2.74. The number of hydrogen-bond donors (Lipinski definition) is 1. The van der Waals surface area contributed by atoms with Crippen molar-refractivity contribution in [2.45, 2.75) is 39.0 Å². The SMILES string of the molecule is CCCCc1ccc(C(=O)COC(=O)COc2ccc3c(c2)CCC(=O)N3)cc1. The molecule has 0 aliphatic carbocycles. The zero-order valence-corrected chi connectivity index (χ0v) is 16.5. The van der Waals surface area contributed by atoms with Crippen LogP contribution in [-0.2, 0) is 27.2 Å². The van der Waals surface area contributed by atoms with Gasteiger partial charge in [0, 0.05) is 17.7 Å². The Labute approximate surface area is 170 Å². The molecule has 1 N–H and O–H groups in total. The molecule has 0 aromatic heterocycles. The number of Topliss-reactive ketones (excluding diaryl/α,β-unsaturated/α-hetero) is 1. The Morgan fingerprint density at radius 3 is 2.59 bits per heavy atom. The predicted octanol–water partition coefficient (Wildman–Crippen LogP) is 3.72. The van der Waals surface area contributed by atoms with Crippen molar-refractivity contribution >= 4 is 23.3 Å². The fraction of sp³-hybridized carbons (Fsp3) is 0.348. The van der Waals surface area contributed by atoms with E-state index in [4.69, 9.17) is 9.47 Å². The molecule has 2 aromatic carbocycles. The second-order valence-corrected chi connectivity index (χ2v) is 7.04. The molecule has 1 aliphatic rings. The summed E-state index contributed by atoms with van der Waals surface area (Å²) in [6.07, 6.45) is 4.30. The summed E-state index contributed by atoms with van der Waals surface area (Å²) in [5.41, 5.74) is 3.45. The van der Waals surface area contributed by atoms with Gasteiger partial charge in [0.05, 0.1) is 0 Å². The first kappa shape index (κ1) is 20.6. The Balaban J connectivity index is 1.44. The van der Waals surface area contributed by atoms with Gasteiger partial charge in [0.25, 0.3) is 0 Å². The zero-order chi connectivity index (χ0) is 20.6. The van der Waals surface area contributed by atoms with E-state index in [1.165, 1.54) is 5.56 Å². The smallest absolute Gasteiger partial charge is 0.344 e. The Morgan fingerprint density at radius 2 is 1.83 bits per heavy atom. The number of carbonyl (C=O) groups excluding carboxylic acids is 3. The normalized spacial score (nSPS) is 12.7. The molecule has 1 amide bonds. The summed E-state index contributed by atoms with van der Waals surface area (Å²) < 4.78 is 10.5. The minimum absolute atomic E-state index is 0.00462. The number of nitrogens with one attached hydrogen (secondary N) is 1. The second kappa shape index (κ2) is 9.87. The maximum atomic E-state index is 12.2. The molecule has 29 heavy (non-hydrogen) atoms. The largest absolute Gasteiger partial charge is 0.482 e. The van der Waals surface area contributed by atoms with Gasteiger partial charge in [0.15, 0.2) is 19.0 Å². The number of unbranched alkanes of at least 4 members (excludes halogenated alkanes) is 1. The van der Waals surface area contributed by atoms with Gasteiger partial charge in [-0.25, -0.2) is 4.79 Å². The maximum absolute atomic E-state index is 12.2. The highest BCUT2D eigenvalue weighted by Gasteiger charge is 2.16. The number of hydrogen-bond acceptors (Lipinski definition) is 5. The van der Waals surface area contributed by atoms with Crippen LogP contribution in [0.4, 0.5) is 5.69 Å². The van der Waals surface area contributed by atoms with Gasteiger partial charge in [-0.1, -0.05) is 37.6 Å². The summed E-state index contributed by atoms with van der Waals surface area (Å²) in [5.74, 6) is -0.338. The van der Waals surface area contributed by atoms with Gasteiger partial charge >= 0.3 is 5.97 Å². The number of anilines is 1. The molecule has 0 radical (unpaired) electrons. The van der Waals surface area contributed by atoms with E-state index in [0.29, 0.717) is 24.2 Å². The average molecular weight is 395 g/mol. The lowest BCUT2D eigenvalue weighted by Gasteiger charge is -2.17. The minimum atomic E-state index is -0.607. The third-order valence-electron chi connectivity index (χ3n) is 4.79. The number of aryl methyl sites for hydroxylation is 2. The number of ether oxygens (including phenoxy) is 2. The Hall–Kier alpha value is -3.15. The van der Waals surface area contributed by atoms with Crippen LogP contribution in [0.1, 0.15) is 47.7 Å². The van der Waals surface area contributed by atoms with E-state index in [-0.39, 0.29) is 24.9 Å². The molecule has 3 rings (SSSR count). The number of rotatable bonds is 9. The molecule has 0 saturated heterocycles. The first-order valence-electron chi connectivity index (χ1n) is 9.88. The third-order valence-corrected chi connectivity index (χ3v) is 4.79. The molecular formula is C23H25NO5. The van der Waals surface area contributed by atoms with Crippen molar-refractivity contribution in [3.63, 3.8) is 0 Å². The van der Waals surface area contributed by atoms with E-state index in [1.807, 2.05) is 12.1 Å². The van der Waals surface area contributed by atoms with Crippen LogP contribution in [0, 0.1) is 0 Å². The summed E-state index contributed by atoms with van der Waals surface area (Å²) in [6, 6.07) is 12.6. The molecule has 0 unspecified atom stereocenters. The lowest BCUT2D eigenvalue weighted by atomic mass is 10.0. The van der Waals surface area contributed by atoms with E-state index < -0.39 is 5.97 Å². The molecular weight excluding hydrogens is 370 g/mol. The van der Waals surface area contributed by atoms with Crippen molar-refractivity contribution in [2.75, 3.05) is 18.5 Å². The van der Waals surface area contributed by atoms with Gasteiger partial charge < -0.3 is 14.8 Å². The minimum Gasteiger partial charge on any atom is -0.482 e. The van der Waals surface area contributed by atoms with Crippen LogP contribution in [0.15, 0.2) is 42.5 Å². The quantitative estimate of drug-likeness (QED) is 0.517. The van der Waals surface area contributed by atoms with Crippen LogP contribution in [-0.4, -0.2) is 30.9 Å². The number of esters is 1. The first-order chi connectivity index (χ1) is 14.0. The van der Waals surface area contributed by atoms with Gasteiger partial charge in [-0.15, -0.1) is 0 Å². The third kappa shape index (κ3) is 5.91. The van der Waals surface area contributed by atoms with E-state index in [9.17, 15) is 14.4 Å². The monoisotopic (exact) mass is 395 g/mol. The van der Waals surface area contributed by atoms with Crippen LogP contribution in [0.5, 0.6) is 5.75 Å². The van der Waals surface area contributed by atoms with Crippen LogP contribution < -0.4 is 10.1 Å². The highest BCUT2D eigenvalue weighted by molar-refractivity contribution is 5.98.